The van der Waals surface area contributed by atoms with Gasteiger partial charge in [0.2, 0.25) is 0 Å². The van der Waals surface area contributed by atoms with Crippen molar-refractivity contribution in [1.82, 2.24) is 25.1 Å². The lowest BCUT2D eigenvalue weighted by Crippen LogP contribution is -2.22. The van der Waals surface area contributed by atoms with Crippen molar-refractivity contribution in [2.75, 3.05) is 19.0 Å². The number of benzene rings is 2. The fraction of sp³-hybridized carbons (Fsp3) is 0.270. The first-order valence-corrected chi connectivity index (χ1v) is 17.7. The van der Waals surface area contributed by atoms with E-state index in [9.17, 15) is 9.59 Å². The molecule has 12 heteroatoms. The molecule has 0 unspecified atom stereocenters. The summed E-state index contributed by atoms with van der Waals surface area (Å²) in [5.41, 5.74) is 6.88. The van der Waals surface area contributed by atoms with Crippen LogP contribution in [0, 0.1) is 0 Å². The van der Waals surface area contributed by atoms with Crippen LogP contribution in [0.5, 0.6) is 5.75 Å². The topological polar surface area (TPSA) is 126 Å². The number of carbonyl (C=O) groups is 1. The average molecular weight is 691 g/mol. The van der Waals surface area contributed by atoms with Crippen molar-refractivity contribution in [1.29, 1.82) is 0 Å². The second-order valence-corrected chi connectivity index (χ2v) is 14.2. The number of carbonyl (C=O) groups excluding carboxylic acids is 1. The average Bonchev–Trinajstić information content (AvgIpc) is 3.95. The normalized spacial score (nSPS) is 17.8. The lowest BCUT2D eigenvalue weighted by atomic mass is 9.93. The fourth-order valence-electron chi connectivity index (χ4n) is 7.78. The maximum atomic E-state index is 14.2. The predicted octanol–water partition coefficient (Wildman–Crippen LogP) is 7.54. The Balaban J connectivity index is 1.20. The number of anilines is 1. The van der Waals surface area contributed by atoms with Gasteiger partial charge < -0.3 is 19.4 Å². The van der Waals surface area contributed by atoms with Crippen LogP contribution in [0.1, 0.15) is 69.8 Å². The number of nitrogens with one attached hydrogen (secondary N) is 2. The lowest BCUT2D eigenvalue weighted by Gasteiger charge is -2.16. The van der Waals surface area contributed by atoms with Crippen molar-refractivity contribution in [3.05, 3.63) is 110 Å². The van der Waals surface area contributed by atoms with Gasteiger partial charge in [0.05, 0.1) is 46.4 Å². The van der Waals surface area contributed by atoms with E-state index in [2.05, 4.69) is 27.6 Å². The number of aryl methyl sites for hydroxylation is 2. The highest BCUT2D eigenvalue weighted by Crippen LogP contribution is 2.50. The van der Waals surface area contributed by atoms with E-state index in [4.69, 9.17) is 30.7 Å². The van der Waals surface area contributed by atoms with Crippen molar-refractivity contribution in [2.45, 2.75) is 50.6 Å². The van der Waals surface area contributed by atoms with Crippen molar-refractivity contribution >= 4 is 44.7 Å². The van der Waals surface area contributed by atoms with Gasteiger partial charge in [0.1, 0.15) is 11.6 Å². The molecule has 0 spiro atoms. The number of nitrogens with zero attached hydrogens (tertiary/aromatic N) is 4. The van der Waals surface area contributed by atoms with Crippen LogP contribution in [-0.2, 0) is 19.3 Å². The lowest BCUT2D eigenvalue weighted by molar-refractivity contribution is 0.0776. The molecule has 0 bridgehead atoms. The largest absolute Gasteiger partial charge is 0.496 e. The molecule has 1 fully saturated rings. The van der Waals surface area contributed by atoms with Crippen LogP contribution in [0.25, 0.3) is 32.0 Å². The number of fused-ring (bicyclic) bond motifs is 5. The van der Waals surface area contributed by atoms with Gasteiger partial charge in [0, 0.05) is 28.2 Å². The molecule has 6 aromatic rings. The number of pyridine rings is 2. The van der Waals surface area contributed by atoms with Crippen LogP contribution in [-0.4, -0.2) is 44.6 Å². The summed E-state index contributed by atoms with van der Waals surface area (Å²) in [6.07, 6.45) is 6.66. The van der Waals surface area contributed by atoms with E-state index in [1.165, 1.54) is 11.1 Å². The Kier molecular flexibility index (Phi) is 7.28. The monoisotopic (exact) mass is 690 g/mol. The van der Waals surface area contributed by atoms with Gasteiger partial charge in [-0.2, -0.15) is 0 Å². The summed E-state index contributed by atoms with van der Waals surface area (Å²) in [7, 11) is 1.71. The van der Waals surface area contributed by atoms with E-state index in [-0.39, 0.29) is 23.9 Å². The summed E-state index contributed by atoms with van der Waals surface area (Å²) in [5.74, 6) is 1.09. The molecule has 1 saturated heterocycles. The van der Waals surface area contributed by atoms with Crippen molar-refractivity contribution in [3.63, 3.8) is 0 Å². The number of H-pyrrole nitrogens is 1. The SMILES string of the molecule is COc1cccc2c1CC[C@@H]2Nc1nccc2cc(-c3c4c(nc(CCc5ccc(Cl)cc5)c3-c3n[nH]c(=O)o3)[C@@H]3CCCN3C4=O)sc12. The summed E-state index contributed by atoms with van der Waals surface area (Å²) in [6.45, 7) is 0.685. The molecule has 1 aliphatic carbocycles. The molecule has 2 aliphatic heterocycles. The Bertz CT molecular complexity index is 2330. The number of hydrogen-bond donors (Lipinski definition) is 2. The van der Waals surface area contributed by atoms with Gasteiger partial charge in [-0.25, -0.2) is 14.9 Å². The van der Waals surface area contributed by atoms with E-state index in [1.54, 1.807) is 18.4 Å². The standard InChI is InChI=1S/C37H31ClN6O4S/c1-47-27-6-2-4-22-23(27)12-14-24(22)41-34-33-20(15-16-39-34)18-28(49-33)30-29(35-42-43-37(46)48-35)25(13-9-19-7-10-21(38)11-8-19)40-32-26-5-3-17-44(26)36(45)31(30)32/h2,4,6-8,10-11,15-16,18,24,26H,3,5,9,12-14,17H2,1H3,(H,39,41)(H,43,46)/t24-,26-/m0/s1. The molecular weight excluding hydrogens is 660 g/mol. The van der Waals surface area contributed by atoms with Crippen molar-refractivity contribution in [3.8, 4) is 27.6 Å². The van der Waals surface area contributed by atoms with Crippen molar-refractivity contribution < 1.29 is 13.9 Å². The molecule has 4 aromatic heterocycles. The molecule has 2 aromatic carbocycles. The third-order valence-corrected chi connectivity index (χ3v) is 11.4. The molecule has 2 N–H and O–H groups in total. The number of aromatic nitrogens is 4. The van der Waals surface area contributed by atoms with E-state index >= 15 is 0 Å². The quantitative estimate of drug-likeness (QED) is 0.168. The Labute approximate surface area is 290 Å². The van der Waals surface area contributed by atoms with Gasteiger partial charge in [-0.3, -0.25) is 9.78 Å². The number of methoxy groups -OCH3 is 1. The zero-order chi connectivity index (χ0) is 33.2. The van der Waals surface area contributed by atoms with Gasteiger partial charge >= 0.3 is 5.76 Å². The Hall–Kier alpha value is -5.00. The summed E-state index contributed by atoms with van der Waals surface area (Å²) >= 11 is 7.73. The van der Waals surface area contributed by atoms with E-state index in [0.717, 1.165) is 69.2 Å². The van der Waals surface area contributed by atoms with E-state index < -0.39 is 5.76 Å². The summed E-state index contributed by atoms with van der Waals surface area (Å²) in [6, 6.07) is 18.0. The first kappa shape index (κ1) is 30.1. The predicted molar refractivity (Wildman–Crippen MR) is 189 cm³/mol. The third-order valence-electron chi connectivity index (χ3n) is 10.00. The summed E-state index contributed by atoms with van der Waals surface area (Å²) in [4.78, 5) is 39.3. The van der Waals surface area contributed by atoms with Crippen LogP contribution in [0.15, 0.2) is 70.0 Å². The van der Waals surface area contributed by atoms with Gasteiger partial charge in [-0.15, -0.1) is 16.4 Å². The zero-order valence-corrected chi connectivity index (χ0v) is 28.2. The van der Waals surface area contributed by atoms with Crippen LogP contribution in [0.3, 0.4) is 0 Å². The number of rotatable bonds is 8. The maximum Gasteiger partial charge on any atom is 0.434 e. The fourth-order valence-corrected chi connectivity index (χ4v) is 9.07. The second kappa shape index (κ2) is 11.9. The molecule has 3 aliphatic rings. The zero-order valence-electron chi connectivity index (χ0n) is 26.6. The number of ether oxygens (including phenoxy) is 1. The molecule has 9 rings (SSSR count). The van der Waals surface area contributed by atoms with Crippen LogP contribution >= 0.6 is 22.9 Å². The second-order valence-electron chi connectivity index (χ2n) is 12.7. The first-order chi connectivity index (χ1) is 24.0. The Morgan fingerprint density at radius 3 is 2.78 bits per heavy atom. The van der Waals surface area contributed by atoms with Crippen LogP contribution in [0.4, 0.5) is 5.82 Å². The highest BCUT2D eigenvalue weighted by atomic mass is 35.5. The minimum Gasteiger partial charge on any atom is -0.496 e. The van der Waals surface area contributed by atoms with Gasteiger partial charge in [0.15, 0.2) is 0 Å². The molecule has 49 heavy (non-hydrogen) atoms. The van der Waals surface area contributed by atoms with Gasteiger partial charge in [-0.05, 0) is 90.9 Å². The summed E-state index contributed by atoms with van der Waals surface area (Å²) < 4.78 is 12.2. The summed E-state index contributed by atoms with van der Waals surface area (Å²) in [5, 5.41) is 12.1. The molecule has 246 valence electrons. The molecule has 1 amide bonds. The number of halogens is 1. The Morgan fingerprint density at radius 2 is 1.96 bits per heavy atom. The van der Waals surface area contributed by atoms with Crippen LogP contribution in [0.2, 0.25) is 5.02 Å². The molecule has 0 saturated carbocycles. The molecule has 0 radical (unpaired) electrons. The number of thiophene rings is 1. The van der Waals surface area contributed by atoms with E-state index in [0.29, 0.717) is 41.1 Å². The van der Waals surface area contributed by atoms with Crippen LogP contribution < -0.4 is 15.8 Å². The van der Waals surface area contributed by atoms with Crippen molar-refractivity contribution in [2.24, 2.45) is 0 Å². The minimum atomic E-state index is -0.669. The molecule has 6 heterocycles. The highest BCUT2D eigenvalue weighted by Gasteiger charge is 2.45. The highest BCUT2D eigenvalue weighted by molar-refractivity contribution is 7.23. The molecule has 2 atom stereocenters. The van der Waals surface area contributed by atoms with E-state index in [1.807, 2.05) is 53.6 Å². The van der Waals surface area contributed by atoms with Gasteiger partial charge in [0.25, 0.3) is 11.8 Å². The maximum absolute atomic E-state index is 14.2. The molecular formula is C37H31ClN6O4S. The molecule has 10 nitrogen and oxygen atoms in total. The Morgan fingerprint density at radius 1 is 1.08 bits per heavy atom. The number of amides is 1. The first-order valence-electron chi connectivity index (χ1n) is 16.5. The third kappa shape index (κ3) is 5.02. The smallest absolute Gasteiger partial charge is 0.434 e. The minimum absolute atomic E-state index is 0.0474. The number of hydrogen-bond acceptors (Lipinski definition) is 9. The number of aromatic amines is 1. The van der Waals surface area contributed by atoms with Gasteiger partial charge in [-0.1, -0.05) is 35.9 Å².